The van der Waals surface area contributed by atoms with Crippen LogP contribution in [-0.4, -0.2) is 49.1 Å². The normalized spacial score (nSPS) is 27.4. The Labute approximate surface area is 125 Å². The van der Waals surface area contributed by atoms with E-state index in [1.54, 1.807) is 0 Å². The summed E-state index contributed by atoms with van der Waals surface area (Å²) in [6.07, 6.45) is 3.58. The van der Waals surface area contributed by atoms with E-state index < -0.39 is 0 Å². The molecule has 2 unspecified atom stereocenters. The molecule has 0 aromatic heterocycles. The van der Waals surface area contributed by atoms with Gasteiger partial charge in [0.2, 0.25) is 0 Å². The molecule has 0 radical (unpaired) electrons. The molecule has 5 heteroatoms. The molecule has 3 aliphatic rings. The lowest BCUT2D eigenvalue weighted by atomic mass is 10.1. The molecule has 0 aliphatic carbocycles. The van der Waals surface area contributed by atoms with Gasteiger partial charge in [-0.3, -0.25) is 9.69 Å². The van der Waals surface area contributed by atoms with E-state index in [9.17, 15) is 4.79 Å². The predicted octanol–water partition coefficient (Wildman–Crippen LogP) is 1.49. The van der Waals surface area contributed by atoms with Gasteiger partial charge in [0.1, 0.15) is 0 Å². The molecule has 21 heavy (non-hydrogen) atoms. The van der Waals surface area contributed by atoms with Gasteiger partial charge in [0.25, 0.3) is 5.91 Å². The summed E-state index contributed by atoms with van der Waals surface area (Å²) in [5, 5.41) is 9.91. The summed E-state index contributed by atoms with van der Waals surface area (Å²) in [6.45, 7) is 4.16. The van der Waals surface area contributed by atoms with Gasteiger partial charge in [-0.25, -0.2) is 0 Å². The van der Waals surface area contributed by atoms with Crippen molar-refractivity contribution in [3.63, 3.8) is 0 Å². The molecular weight excluding hydrogens is 264 g/mol. The molecule has 0 bridgehead atoms. The lowest BCUT2D eigenvalue weighted by Gasteiger charge is -2.23. The zero-order valence-corrected chi connectivity index (χ0v) is 12.2. The average molecular weight is 286 g/mol. The fourth-order valence-electron chi connectivity index (χ4n) is 3.88. The second-order valence-electron chi connectivity index (χ2n) is 6.23. The Morgan fingerprint density at radius 3 is 2.90 bits per heavy atom. The summed E-state index contributed by atoms with van der Waals surface area (Å²) in [7, 11) is 0. The minimum Gasteiger partial charge on any atom is -0.382 e. The van der Waals surface area contributed by atoms with E-state index in [1.165, 1.54) is 19.4 Å². The van der Waals surface area contributed by atoms with Gasteiger partial charge >= 0.3 is 0 Å². The summed E-state index contributed by atoms with van der Waals surface area (Å²) < 4.78 is 0. The van der Waals surface area contributed by atoms with Crippen LogP contribution in [0.25, 0.3) is 0 Å². The van der Waals surface area contributed by atoms with Crippen LogP contribution < -0.4 is 16.0 Å². The van der Waals surface area contributed by atoms with Crippen LogP contribution >= 0.6 is 0 Å². The number of carbonyl (C=O) groups excluding carboxylic acids is 1. The lowest BCUT2D eigenvalue weighted by molar-refractivity contribution is 0.0929. The van der Waals surface area contributed by atoms with Crippen LogP contribution in [0.4, 0.5) is 11.4 Å². The van der Waals surface area contributed by atoms with E-state index in [0.29, 0.717) is 12.1 Å². The quantitative estimate of drug-likeness (QED) is 0.771. The van der Waals surface area contributed by atoms with Crippen molar-refractivity contribution in [1.82, 2.24) is 10.2 Å². The van der Waals surface area contributed by atoms with Crippen molar-refractivity contribution in [2.45, 2.75) is 31.3 Å². The van der Waals surface area contributed by atoms with Crippen molar-refractivity contribution in [3.8, 4) is 0 Å². The molecule has 1 aromatic rings. The highest BCUT2D eigenvalue weighted by Crippen LogP contribution is 2.29. The molecule has 2 saturated heterocycles. The highest BCUT2D eigenvalue weighted by Gasteiger charge is 2.37. The fourth-order valence-corrected chi connectivity index (χ4v) is 3.88. The number of benzene rings is 1. The van der Waals surface area contributed by atoms with Gasteiger partial charge in [-0.05, 0) is 44.0 Å². The topological polar surface area (TPSA) is 56.4 Å². The number of fused-ring (bicyclic) bond motifs is 2. The van der Waals surface area contributed by atoms with Gasteiger partial charge in [0, 0.05) is 37.3 Å². The number of rotatable bonds is 2. The Kier molecular flexibility index (Phi) is 3.22. The first-order chi connectivity index (χ1) is 10.3. The lowest BCUT2D eigenvalue weighted by Crippen LogP contribution is -2.42. The molecule has 4 rings (SSSR count). The van der Waals surface area contributed by atoms with Crippen LogP contribution in [0.1, 0.15) is 29.6 Å². The predicted molar refractivity (Wildman–Crippen MR) is 83.9 cm³/mol. The minimum absolute atomic E-state index is 0.0592. The Balaban J connectivity index is 1.47. The van der Waals surface area contributed by atoms with Gasteiger partial charge in [-0.1, -0.05) is 0 Å². The Bertz CT molecular complexity index is 559. The third-order valence-electron chi connectivity index (χ3n) is 4.96. The van der Waals surface area contributed by atoms with Gasteiger partial charge < -0.3 is 16.0 Å². The molecule has 2 fully saturated rings. The molecular formula is C16H22N4O. The van der Waals surface area contributed by atoms with E-state index in [1.807, 2.05) is 18.2 Å². The van der Waals surface area contributed by atoms with Gasteiger partial charge in [-0.2, -0.15) is 0 Å². The first-order valence-electron chi connectivity index (χ1n) is 7.98. The largest absolute Gasteiger partial charge is 0.382 e. The molecule has 2 atom stereocenters. The number of amides is 1. The SMILES string of the molecule is O=C(NC1CCN2CCCC12)c1ccc2c(c1)NCCN2. The number of nitrogens with one attached hydrogen (secondary N) is 3. The second kappa shape index (κ2) is 5.22. The first kappa shape index (κ1) is 13.0. The van der Waals surface area contributed by atoms with Crippen molar-refractivity contribution in [3.05, 3.63) is 23.8 Å². The van der Waals surface area contributed by atoms with Crippen molar-refractivity contribution in [1.29, 1.82) is 0 Å². The van der Waals surface area contributed by atoms with Crippen LogP contribution in [0.15, 0.2) is 18.2 Å². The molecule has 3 N–H and O–H groups in total. The third-order valence-corrected chi connectivity index (χ3v) is 4.96. The maximum absolute atomic E-state index is 12.5. The Hall–Kier alpha value is -1.75. The van der Waals surface area contributed by atoms with Gasteiger partial charge in [0.15, 0.2) is 0 Å². The van der Waals surface area contributed by atoms with Crippen LogP contribution in [-0.2, 0) is 0 Å². The molecule has 3 aliphatic heterocycles. The van der Waals surface area contributed by atoms with Crippen molar-refractivity contribution < 1.29 is 4.79 Å². The van der Waals surface area contributed by atoms with E-state index in [2.05, 4.69) is 20.9 Å². The Morgan fingerprint density at radius 1 is 1.14 bits per heavy atom. The highest BCUT2D eigenvalue weighted by atomic mass is 16.1. The zero-order valence-electron chi connectivity index (χ0n) is 12.2. The monoisotopic (exact) mass is 286 g/mol. The molecule has 1 aromatic carbocycles. The summed E-state index contributed by atoms with van der Waals surface area (Å²) >= 11 is 0. The van der Waals surface area contributed by atoms with Gasteiger partial charge in [-0.15, -0.1) is 0 Å². The number of carbonyl (C=O) groups is 1. The van der Waals surface area contributed by atoms with Crippen LogP contribution in [0.2, 0.25) is 0 Å². The summed E-state index contributed by atoms with van der Waals surface area (Å²) in [4.78, 5) is 15.0. The number of hydrogen-bond acceptors (Lipinski definition) is 4. The molecule has 5 nitrogen and oxygen atoms in total. The first-order valence-corrected chi connectivity index (χ1v) is 7.98. The van der Waals surface area contributed by atoms with Crippen LogP contribution in [0.5, 0.6) is 0 Å². The maximum Gasteiger partial charge on any atom is 0.251 e. The van der Waals surface area contributed by atoms with Crippen LogP contribution in [0, 0.1) is 0 Å². The van der Waals surface area contributed by atoms with Gasteiger partial charge in [0.05, 0.1) is 11.4 Å². The second-order valence-corrected chi connectivity index (χ2v) is 6.23. The van der Waals surface area contributed by atoms with Crippen molar-refractivity contribution >= 4 is 17.3 Å². The minimum atomic E-state index is 0.0592. The average Bonchev–Trinajstić information content (AvgIpc) is 3.12. The standard InChI is InChI=1S/C16H22N4O/c21-16(19-13-5-9-20-8-1-2-15(13)20)11-3-4-12-14(10-11)18-7-6-17-12/h3-4,10,13,15,17-18H,1-2,5-9H2,(H,19,21). The fraction of sp³-hybridized carbons (Fsp3) is 0.562. The van der Waals surface area contributed by atoms with Crippen molar-refractivity contribution in [2.24, 2.45) is 0 Å². The number of anilines is 2. The smallest absolute Gasteiger partial charge is 0.251 e. The van der Waals surface area contributed by atoms with Crippen molar-refractivity contribution in [2.75, 3.05) is 36.8 Å². The van der Waals surface area contributed by atoms with E-state index in [-0.39, 0.29) is 5.91 Å². The zero-order chi connectivity index (χ0) is 14.2. The van der Waals surface area contributed by atoms with E-state index in [4.69, 9.17) is 0 Å². The third kappa shape index (κ3) is 2.35. The summed E-state index contributed by atoms with van der Waals surface area (Å²) in [6, 6.07) is 6.74. The van der Waals surface area contributed by atoms with E-state index in [0.717, 1.165) is 43.0 Å². The number of hydrogen-bond donors (Lipinski definition) is 3. The highest BCUT2D eigenvalue weighted by molar-refractivity contribution is 5.96. The molecule has 1 amide bonds. The molecule has 0 saturated carbocycles. The molecule has 0 spiro atoms. The Morgan fingerprint density at radius 2 is 2.00 bits per heavy atom. The summed E-state index contributed by atoms with van der Waals surface area (Å²) in [5.41, 5.74) is 2.87. The summed E-state index contributed by atoms with van der Waals surface area (Å²) in [5.74, 6) is 0.0592. The van der Waals surface area contributed by atoms with Crippen LogP contribution in [0.3, 0.4) is 0 Å². The molecule has 112 valence electrons. The maximum atomic E-state index is 12.5. The van der Waals surface area contributed by atoms with E-state index >= 15 is 0 Å². The number of nitrogens with zero attached hydrogens (tertiary/aromatic N) is 1. The molecule has 3 heterocycles.